The molecule has 3 aromatic heterocycles. The maximum absolute atomic E-state index is 6.67. The molecule has 0 aliphatic carbocycles. The van der Waals surface area contributed by atoms with Crippen LogP contribution in [0.1, 0.15) is 5.56 Å². The summed E-state index contributed by atoms with van der Waals surface area (Å²) in [5.74, 6) is 0.811. The monoisotopic (exact) mass is 353 g/mol. The molecule has 0 radical (unpaired) electrons. The maximum atomic E-state index is 6.67. The molecule has 7 nitrogen and oxygen atoms in total. The van der Waals surface area contributed by atoms with Gasteiger partial charge in [0.2, 0.25) is 0 Å². The number of aryl methyl sites for hydroxylation is 2. The fourth-order valence-electron chi connectivity index (χ4n) is 3.00. The number of H-pyrrole nitrogens is 1. The number of pyridine rings is 1. The minimum absolute atomic E-state index is 0.347. The average Bonchev–Trinajstić information content (AvgIpc) is 3.15. The van der Waals surface area contributed by atoms with Gasteiger partial charge < -0.3 is 11.5 Å². The van der Waals surface area contributed by atoms with Gasteiger partial charge >= 0.3 is 0 Å². The zero-order valence-electron chi connectivity index (χ0n) is 13.7. The van der Waals surface area contributed by atoms with E-state index in [4.69, 9.17) is 23.1 Å². The van der Waals surface area contributed by atoms with Gasteiger partial charge in [-0.1, -0.05) is 11.6 Å². The van der Waals surface area contributed by atoms with Gasteiger partial charge in [0.15, 0.2) is 5.82 Å². The second kappa shape index (κ2) is 5.49. The van der Waals surface area contributed by atoms with Gasteiger partial charge in [-0.2, -0.15) is 10.2 Å². The van der Waals surface area contributed by atoms with Crippen molar-refractivity contribution in [1.82, 2.24) is 25.0 Å². The summed E-state index contributed by atoms with van der Waals surface area (Å²) in [6.07, 6.45) is 3.60. The molecule has 4 aromatic rings. The smallest absolute Gasteiger partial charge is 0.154 e. The van der Waals surface area contributed by atoms with Crippen LogP contribution in [-0.4, -0.2) is 25.0 Å². The summed E-state index contributed by atoms with van der Waals surface area (Å²) in [6.45, 7) is 1.97. The first kappa shape index (κ1) is 15.5. The van der Waals surface area contributed by atoms with Crippen LogP contribution in [0.15, 0.2) is 30.6 Å². The maximum Gasteiger partial charge on any atom is 0.154 e. The zero-order chi connectivity index (χ0) is 17.7. The molecule has 0 spiro atoms. The molecule has 0 fully saturated rings. The lowest BCUT2D eigenvalue weighted by atomic mass is 9.97. The summed E-state index contributed by atoms with van der Waals surface area (Å²) in [4.78, 5) is 4.20. The molecule has 0 saturated carbocycles. The molecule has 0 aliphatic heterocycles. The number of hydrogen-bond acceptors (Lipinski definition) is 5. The second-order valence-corrected chi connectivity index (χ2v) is 6.32. The van der Waals surface area contributed by atoms with Crippen LogP contribution in [-0.2, 0) is 7.05 Å². The molecular weight excluding hydrogens is 338 g/mol. The molecule has 5 N–H and O–H groups in total. The summed E-state index contributed by atoms with van der Waals surface area (Å²) in [5.41, 5.74) is 16.9. The fraction of sp³-hybridized carbons (Fsp3) is 0.118. The van der Waals surface area contributed by atoms with Crippen molar-refractivity contribution in [3.63, 3.8) is 0 Å². The summed E-state index contributed by atoms with van der Waals surface area (Å²) in [5, 5.41) is 12.8. The van der Waals surface area contributed by atoms with E-state index in [9.17, 15) is 0 Å². The number of nitrogens with zero attached hydrogens (tertiary/aromatic N) is 4. The van der Waals surface area contributed by atoms with E-state index in [0.29, 0.717) is 22.0 Å². The van der Waals surface area contributed by atoms with Crippen molar-refractivity contribution in [3.8, 4) is 22.4 Å². The van der Waals surface area contributed by atoms with Gasteiger partial charge in [-0.3, -0.25) is 9.78 Å². The standard InChI is InChI=1S/C17H16ClN7/c1-8-5-13(19)21-7-11(8)9-6-10(12-3-4-25(2)24-12)16-14(15(9)18)17(20)23-22-16/h3-7H,1-2H3,(H2,19,21)(H3,20,22,23). The number of nitrogen functional groups attached to an aromatic ring is 2. The minimum atomic E-state index is 0.347. The highest BCUT2D eigenvalue weighted by molar-refractivity contribution is 6.39. The van der Waals surface area contributed by atoms with Crippen molar-refractivity contribution >= 4 is 34.1 Å². The Hall–Kier alpha value is -3.06. The van der Waals surface area contributed by atoms with Crippen LogP contribution >= 0.6 is 11.6 Å². The van der Waals surface area contributed by atoms with Crippen molar-refractivity contribution in [1.29, 1.82) is 0 Å². The molecule has 25 heavy (non-hydrogen) atoms. The van der Waals surface area contributed by atoms with Crippen molar-refractivity contribution in [2.75, 3.05) is 11.5 Å². The van der Waals surface area contributed by atoms with Crippen molar-refractivity contribution in [3.05, 3.63) is 41.2 Å². The molecule has 126 valence electrons. The van der Waals surface area contributed by atoms with Crippen LogP contribution in [0.25, 0.3) is 33.3 Å². The molecule has 0 unspecified atom stereocenters. The van der Waals surface area contributed by atoms with Gasteiger partial charge in [0.25, 0.3) is 0 Å². The number of hydrogen-bond donors (Lipinski definition) is 3. The van der Waals surface area contributed by atoms with Crippen LogP contribution in [0.3, 0.4) is 0 Å². The van der Waals surface area contributed by atoms with Crippen molar-refractivity contribution in [2.45, 2.75) is 6.92 Å². The van der Waals surface area contributed by atoms with Gasteiger partial charge in [0.1, 0.15) is 5.82 Å². The van der Waals surface area contributed by atoms with E-state index in [0.717, 1.165) is 33.5 Å². The van der Waals surface area contributed by atoms with Gasteiger partial charge in [0.05, 0.1) is 21.6 Å². The third kappa shape index (κ3) is 2.40. The number of rotatable bonds is 2. The number of nitrogens with one attached hydrogen (secondary N) is 1. The Balaban J connectivity index is 2.08. The number of aromatic nitrogens is 5. The third-order valence-corrected chi connectivity index (χ3v) is 4.61. The molecule has 8 heteroatoms. The number of anilines is 2. The molecule has 3 heterocycles. The average molecular weight is 354 g/mol. The Kier molecular flexibility index (Phi) is 3.40. The number of fused-ring (bicyclic) bond motifs is 1. The lowest BCUT2D eigenvalue weighted by Gasteiger charge is -2.12. The molecule has 0 atom stereocenters. The SMILES string of the molecule is Cc1cc(N)ncc1-c1cc(-c2ccn(C)n2)c2[nH]nc(N)c2c1Cl. The summed E-state index contributed by atoms with van der Waals surface area (Å²) < 4.78 is 1.74. The Labute approximate surface area is 148 Å². The van der Waals surface area contributed by atoms with Crippen LogP contribution in [0.4, 0.5) is 11.6 Å². The van der Waals surface area contributed by atoms with Crippen LogP contribution in [0.2, 0.25) is 5.02 Å². The first-order valence-electron chi connectivity index (χ1n) is 7.64. The predicted molar refractivity (Wildman–Crippen MR) is 100 cm³/mol. The number of aromatic amines is 1. The molecule has 0 bridgehead atoms. The van der Waals surface area contributed by atoms with E-state index in [-0.39, 0.29) is 0 Å². The fourth-order valence-corrected chi connectivity index (χ4v) is 3.35. The largest absolute Gasteiger partial charge is 0.384 e. The molecule has 4 rings (SSSR count). The third-order valence-electron chi connectivity index (χ3n) is 4.22. The van der Waals surface area contributed by atoms with Gasteiger partial charge in [-0.15, -0.1) is 0 Å². The topological polar surface area (TPSA) is 111 Å². The first-order chi connectivity index (χ1) is 12.0. The lowest BCUT2D eigenvalue weighted by molar-refractivity contribution is 0.771. The predicted octanol–water partition coefficient (Wildman–Crippen LogP) is 3.15. The van der Waals surface area contributed by atoms with Crippen LogP contribution < -0.4 is 11.5 Å². The summed E-state index contributed by atoms with van der Waals surface area (Å²) >= 11 is 6.67. The number of halogens is 1. The Bertz CT molecular complexity index is 1110. The van der Waals surface area contributed by atoms with Gasteiger partial charge in [-0.05, 0) is 30.7 Å². The Morgan fingerprint density at radius 3 is 2.64 bits per heavy atom. The van der Waals surface area contributed by atoms with E-state index in [1.807, 2.05) is 38.4 Å². The van der Waals surface area contributed by atoms with Crippen molar-refractivity contribution < 1.29 is 0 Å². The van der Waals surface area contributed by atoms with Crippen molar-refractivity contribution in [2.24, 2.45) is 7.05 Å². The Morgan fingerprint density at radius 2 is 1.96 bits per heavy atom. The van der Waals surface area contributed by atoms with Crippen LogP contribution in [0.5, 0.6) is 0 Å². The summed E-state index contributed by atoms with van der Waals surface area (Å²) in [7, 11) is 1.87. The van der Waals surface area contributed by atoms with Gasteiger partial charge in [0, 0.05) is 36.1 Å². The molecule has 0 saturated heterocycles. The normalized spacial score (nSPS) is 11.3. The highest BCUT2D eigenvalue weighted by atomic mass is 35.5. The van der Waals surface area contributed by atoms with E-state index in [1.165, 1.54) is 0 Å². The minimum Gasteiger partial charge on any atom is -0.384 e. The lowest BCUT2D eigenvalue weighted by Crippen LogP contribution is -1.95. The zero-order valence-corrected chi connectivity index (χ0v) is 14.5. The Morgan fingerprint density at radius 1 is 1.16 bits per heavy atom. The van der Waals surface area contributed by atoms with Crippen LogP contribution in [0, 0.1) is 6.92 Å². The van der Waals surface area contributed by atoms with E-state index >= 15 is 0 Å². The van der Waals surface area contributed by atoms with Gasteiger partial charge in [-0.25, -0.2) is 4.98 Å². The van der Waals surface area contributed by atoms with E-state index in [1.54, 1.807) is 10.9 Å². The summed E-state index contributed by atoms with van der Waals surface area (Å²) in [6, 6.07) is 5.72. The highest BCUT2D eigenvalue weighted by Crippen LogP contribution is 2.42. The molecule has 0 amide bonds. The number of nitrogens with two attached hydrogens (primary N) is 2. The highest BCUT2D eigenvalue weighted by Gasteiger charge is 2.20. The molecular formula is C17H16ClN7. The second-order valence-electron chi connectivity index (χ2n) is 5.94. The molecule has 1 aromatic carbocycles. The number of benzene rings is 1. The van der Waals surface area contributed by atoms with E-state index < -0.39 is 0 Å². The molecule has 0 aliphatic rings. The van der Waals surface area contributed by atoms with E-state index in [2.05, 4.69) is 20.3 Å². The quantitative estimate of drug-likeness (QED) is 0.512. The first-order valence-corrected chi connectivity index (χ1v) is 8.02.